The summed E-state index contributed by atoms with van der Waals surface area (Å²) >= 11 is 0. The Labute approximate surface area is 296 Å². The number of aryl methyl sites for hydroxylation is 1. The maximum atomic E-state index is 15.8. The molecule has 3 aliphatic rings. The lowest BCUT2D eigenvalue weighted by molar-refractivity contribution is -0.120. The first-order valence-electron chi connectivity index (χ1n) is 17.7. The maximum absolute atomic E-state index is 15.8. The number of nitrogens with zero attached hydrogens (tertiary/aromatic N) is 5. The van der Waals surface area contributed by atoms with Crippen molar-refractivity contribution in [1.82, 2.24) is 25.0 Å². The van der Waals surface area contributed by atoms with E-state index in [1.807, 2.05) is 38.2 Å². The van der Waals surface area contributed by atoms with Crippen molar-refractivity contribution in [3.05, 3.63) is 63.3 Å². The van der Waals surface area contributed by atoms with Crippen molar-refractivity contribution in [2.24, 2.45) is 18.9 Å². The van der Waals surface area contributed by atoms with Crippen LogP contribution in [0.2, 0.25) is 0 Å². The molecule has 2 N–H and O–H groups in total. The number of nitrogens with one attached hydrogen (secondary N) is 2. The number of piperidine rings is 2. The second-order valence-electron chi connectivity index (χ2n) is 14.1. The second kappa shape index (κ2) is 14.0. The highest BCUT2D eigenvalue weighted by Gasteiger charge is 2.33. The first-order chi connectivity index (χ1) is 24.6. The number of urea groups is 1. The van der Waals surface area contributed by atoms with E-state index in [9.17, 15) is 14.4 Å². The smallest absolute Gasteiger partial charge is 0.329 e. The number of imide groups is 1. The number of fused-ring (bicyclic) bond motifs is 1. The number of hydrogen-bond donors (Lipinski definition) is 2. The van der Waals surface area contributed by atoms with Crippen LogP contribution in [0.5, 0.6) is 11.5 Å². The van der Waals surface area contributed by atoms with Gasteiger partial charge < -0.3 is 18.9 Å². The van der Waals surface area contributed by atoms with Crippen LogP contribution in [0, 0.1) is 31.5 Å². The largest absolute Gasteiger partial charge is 0.496 e. The molecule has 13 heteroatoms. The summed E-state index contributed by atoms with van der Waals surface area (Å²) in [6, 6.07) is 7.14. The van der Waals surface area contributed by atoms with E-state index in [2.05, 4.69) is 25.3 Å². The first kappa shape index (κ1) is 34.5. The topological polar surface area (TPSA) is 125 Å². The Morgan fingerprint density at radius 1 is 0.902 bits per heavy atom. The molecule has 3 saturated heterocycles. The molecular formula is C38H46FN7O5. The van der Waals surface area contributed by atoms with Gasteiger partial charge in [0.2, 0.25) is 5.91 Å². The van der Waals surface area contributed by atoms with Crippen LogP contribution in [-0.2, 0) is 18.4 Å². The van der Waals surface area contributed by atoms with Crippen LogP contribution in [-0.4, -0.2) is 78.5 Å². The lowest BCUT2D eigenvalue weighted by atomic mass is 9.78. The molecule has 270 valence electrons. The Morgan fingerprint density at radius 2 is 1.55 bits per heavy atom. The number of hydrogen-bond acceptors (Lipinski definition) is 8. The normalized spacial score (nSPS) is 18.1. The van der Waals surface area contributed by atoms with Gasteiger partial charge in [-0.3, -0.25) is 29.8 Å². The van der Waals surface area contributed by atoms with E-state index in [4.69, 9.17) is 9.47 Å². The molecule has 0 aliphatic carbocycles. The molecule has 0 atom stereocenters. The summed E-state index contributed by atoms with van der Waals surface area (Å²) in [5.41, 5.74) is 5.44. The van der Waals surface area contributed by atoms with E-state index in [0.29, 0.717) is 28.7 Å². The number of halogens is 1. The molecule has 2 aromatic heterocycles. The van der Waals surface area contributed by atoms with Crippen LogP contribution in [0.1, 0.15) is 48.8 Å². The monoisotopic (exact) mass is 699 g/mol. The summed E-state index contributed by atoms with van der Waals surface area (Å²) in [5, 5.41) is 9.84. The van der Waals surface area contributed by atoms with Crippen LogP contribution < -0.4 is 30.1 Å². The number of rotatable bonds is 8. The fourth-order valence-corrected chi connectivity index (χ4v) is 8.23. The minimum absolute atomic E-state index is 0.00362. The van der Waals surface area contributed by atoms with Gasteiger partial charge in [0.05, 0.1) is 25.5 Å². The highest BCUT2D eigenvalue weighted by atomic mass is 19.1. The summed E-state index contributed by atoms with van der Waals surface area (Å²) in [6.07, 6.45) is 6.28. The van der Waals surface area contributed by atoms with E-state index in [1.54, 1.807) is 31.9 Å². The van der Waals surface area contributed by atoms with Crippen molar-refractivity contribution in [2.45, 2.75) is 52.5 Å². The number of likely N-dealkylation sites (tertiary alicyclic amines) is 1. The van der Waals surface area contributed by atoms with Crippen molar-refractivity contribution in [3.63, 3.8) is 0 Å². The number of H-pyrrole nitrogens is 1. The molecule has 2 aromatic carbocycles. The lowest BCUT2D eigenvalue weighted by Crippen LogP contribution is -2.49. The Balaban J connectivity index is 0.973. The van der Waals surface area contributed by atoms with Gasteiger partial charge in [0.15, 0.2) is 11.6 Å². The van der Waals surface area contributed by atoms with Crippen molar-refractivity contribution in [2.75, 3.05) is 56.7 Å². The zero-order valence-electron chi connectivity index (χ0n) is 30.0. The number of amides is 3. The van der Waals surface area contributed by atoms with E-state index in [0.717, 1.165) is 97.7 Å². The van der Waals surface area contributed by atoms with Gasteiger partial charge >= 0.3 is 6.03 Å². The standard InChI is InChI=1S/C38H46FN7O5/c1-22-23(2)37(48)43(3)20-28(22)26-18-31(50-4)29(32(19-26)51-5)21-44-13-8-24(9-14-44)25-10-15-45(16-11-25)30-7-6-27-35(34(30)39)41-42-36(27)46-17-12-33(47)40-38(46)49/h6-7,18-20,24-25H,8-17,21H2,1-5H3,(H,41,42)(H,40,47,49). The average molecular weight is 700 g/mol. The molecule has 51 heavy (non-hydrogen) atoms. The van der Waals surface area contributed by atoms with Crippen LogP contribution in [0.3, 0.4) is 0 Å². The molecule has 3 aliphatic heterocycles. The van der Waals surface area contributed by atoms with Crippen molar-refractivity contribution < 1.29 is 23.5 Å². The van der Waals surface area contributed by atoms with Gasteiger partial charge in [0, 0.05) is 62.4 Å². The van der Waals surface area contributed by atoms with Gasteiger partial charge in [0.25, 0.3) is 5.56 Å². The zero-order valence-corrected chi connectivity index (χ0v) is 30.0. The predicted octanol–water partition coefficient (Wildman–Crippen LogP) is 5.28. The van der Waals surface area contributed by atoms with E-state index >= 15 is 4.39 Å². The zero-order chi connectivity index (χ0) is 36.0. The van der Waals surface area contributed by atoms with Crippen molar-refractivity contribution in [1.29, 1.82) is 0 Å². The Kier molecular flexibility index (Phi) is 9.49. The predicted molar refractivity (Wildman–Crippen MR) is 194 cm³/mol. The van der Waals surface area contributed by atoms with Gasteiger partial charge in [0.1, 0.15) is 17.0 Å². The summed E-state index contributed by atoms with van der Waals surface area (Å²) in [6.45, 7) is 8.28. The van der Waals surface area contributed by atoms with Crippen molar-refractivity contribution in [3.8, 4) is 22.6 Å². The van der Waals surface area contributed by atoms with E-state index < -0.39 is 6.03 Å². The number of methoxy groups -OCH3 is 2. The molecule has 3 fully saturated rings. The molecule has 0 spiro atoms. The fourth-order valence-electron chi connectivity index (χ4n) is 8.23. The third-order valence-corrected chi connectivity index (χ3v) is 11.4. The lowest BCUT2D eigenvalue weighted by Gasteiger charge is -2.41. The van der Waals surface area contributed by atoms with Crippen LogP contribution in [0.15, 0.2) is 35.3 Å². The van der Waals surface area contributed by atoms with Crippen LogP contribution in [0.4, 0.5) is 20.7 Å². The SMILES string of the molecule is COc1cc(-c2cn(C)c(=O)c(C)c2C)cc(OC)c1CN1CCC(C2CCN(c3ccc4c(N5CCC(=O)NC5=O)n[nH]c4c3F)CC2)CC1. The number of anilines is 2. The highest BCUT2D eigenvalue weighted by molar-refractivity contribution is 6.09. The molecule has 3 amide bonds. The van der Waals surface area contributed by atoms with Crippen LogP contribution in [0.25, 0.3) is 22.0 Å². The van der Waals surface area contributed by atoms with Crippen LogP contribution >= 0.6 is 0 Å². The van der Waals surface area contributed by atoms with Crippen molar-refractivity contribution >= 4 is 34.3 Å². The molecular weight excluding hydrogens is 653 g/mol. The quantitative estimate of drug-likeness (QED) is 0.255. The number of aromatic nitrogens is 3. The molecule has 5 heterocycles. The molecule has 0 radical (unpaired) electrons. The average Bonchev–Trinajstić information content (AvgIpc) is 3.57. The van der Waals surface area contributed by atoms with Gasteiger partial charge in [-0.25, -0.2) is 9.18 Å². The molecule has 4 aromatic rings. The number of aromatic amines is 1. The van der Waals surface area contributed by atoms with Gasteiger partial charge in [-0.1, -0.05) is 0 Å². The minimum Gasteiger partial charge on any atom is -0.496 e. The number of ether oxygens (including phenoxy) is 2. The Bertz CT molecular complexity index is 2020. The molecule has 12 nitrogen and oxygen atoms in total. The van der Waals surface area contributed by atoms with Gasteiger partial charge in [-0.15, -0.1) is 0 Å². The summed E-state index contributed by atoms with van der Waals surface area (Å²) in [5.74, 6) is 2.38. The second-order valence-corrected chi connectivity index (χ2v) is 14.1. The summed E-state index contributed by atoms with van der Waals surface area (Å²) in [4.78, 5) is 42.4. The molecule has 0 bridgehead atoms. The fraction of sp³-hybridized carbons (Fsp3) is 0.474. The van der Waals surface area contributed by atoms with Gasteiger partial charge in [-0.05, 0) is 99.8 Å². The third kappa shape index (κ3) is 6.43. The van der Waals surface area contributed by atoms with E-state index in [1.165, 1.54) is 4.90 Å². The molecule has 7 rings (SSSR count). The highest BCUT2D eigenvalue weighted by Crippen LogP contribution is 2.40. The number of pyridine rings is 1. The molecule has 0 unspecified atom stereocenters. The minimum atomic E-state index is -0.546. The summed E-state index contributed by atoms with van der Waals surface area (Å²) < 4.78 is 29.3. The molecule has 0 saturated carbocycles. The first-order valence-corrected chi connectivity index (χ1v) is 17.7. The number of carbonyl (C=O) groups excluding carboxylic acids is 2. The third-order valence-electron chi connectivity index (χ3n) is 11.4. The Morgan fingerprint density at radius 3 is 2.18 bits per heavy atom. The van der Waals surface area contributed by atoms with E-state index in [-0.39, 0.29) is 35.8 Å². The number of carbonyl (C=O) groups is 2. The Hall–Kier alpha value is -4.91. The number of benzene rings is 2. The van der Waals surface area contributed by atoms with Gasteiger partial charge in [-0.2, -0.15) is 5.10 Å². The summed E-state index contributed by atoms with van der Waals surface area (Å²) in [7, 11) is 5.15. The maximum Gasteiger partial charge on any atom is 0.329 e.